The van der Waals surface area contributed by atoms with Gasteiger partial charge in [-0.1, -0.05) is 0 Å². The summed E-state index contributed by atoms with van der Waals surface area (Å²) in [5.74, 6) is 0. The van der Waals surface area contributed by atoms with E-state index < -0.39 is 19.8 Å². The number of halogens is 1. The molecule has 0 aliphatic carbocycles. The maximum atomic E-state index is 3.79. The molecule has 0 aliphatic rings. The molecule has 0 bridgehead atoms. The Kier molecular flexibility index (Phi) is 12.9. The van der Waals surface area contributed by atoms with Gasteiger partial charge in [0, 0.05) is 0 Å². The monoisotopic (exact) mass is 436 g/mol. The molecule has 0 atom stereocenters. The van der Waals surface area contributed by atoms with Crippen molar-refractivity contribution in [3.63, 3.8) is 0 Å². The van der Waals surface area contributed by atoms with Crippen molar-refractivity contribution in [3.05, 3.63) is 13.8 Å². The predicted molar refractivity (Wildman–Crippen MR) is 40.4 cm³/mol. The van der Waals surface area contributed by atoms with Crippen molar-refractivity contribution in [1.82, 2.24) is 0 Å². The second-order valence-corrected chi connectivity index (χ2v) is 7.39. The topological polar surface area (TPSA) is 0 Å². The van der Waals surface area contributed by atoms with E-state index in [4.69, 9.17) is 0 Å². The van der Waals surface area contributed by atoms with Crippen LogP contribution in [0.2, 0.25) is 0 Å². The van der Waals surface area contributed by atoms with E-state index in [-0.39, 0.29) is 31.1 Å². The van der Waals surface area contributed by atoms with Gasteiger partial charge in [-0.15, -0.1) is 0 Å². The smallest absolute Gasteiger partial charge is 2.00 e. The van der Waals surface area contributed by atoms with Crippen molar-refractivity contribution in [3.8, 4) is 0 Å². The van der Waals surface area contributed by atoms with Crippen molar-refractivity contribution in [2.45, 2.75) is 0 Å². The van der Waals surface area contributed by atoms with Crippen LogP contribution >= 0.6 is 19.8 Å². The molecule has 0 aromatic rings. The Bertz CT molecular complexity index is 27.3. The summed E-state index contributed by atoms with van der Waals surface area (Å²) < 4.78 is 2.35. The molecule has 0 rings (SSSR count). The van der Waals surface area contributed by atoms with Crippen molar-refractivity contribution in [1.29, 1.82) is 0 Å². The minimum Gasteiger partial charge on any atom is 2.00 e. The SMILES string of the molecule is [CH2-]CI(C)C[CH2-].[U+2]. The molecule has 0 saturated heterocycles. The largest absolute Gasteiger partial charge is 2.00 e. The molecule has 0 radical (unpaired) electrons. The van der Waals surface area contributed by atoms with E-state index >= 15 is 0 Å². The molecule has 0 saturated carbocycles. The van der Waals surface area contributed by atoms with E-state index in [1.165, 1.54) is 8.86 Å². The van der Waals surface area contributed by atoms with Gasteiger partial charge in [0.25, 0.3) is 0 Å². The molecule has 42 valence electrons. The quantitative estimate of drug-likeness (QED) is 0.352. The van der Waals surface area contributed by atoms with Crippen LogP contribution in [0.5, 0.6) is 0 Å². The zero-order valence-corrected chi connectivity index (χ0v) is 11.0. The molecule has 0 amide bonds. The predicted octanol–water partition coefficient (Wildman–Crippen LogP) is 1.79. The van der Waals surface area contributed by atoms with Crippen LogP contribution in [0.25, 0.3) is 0 Å². The summed E-state index contributed by atoms with van der Waals surface area (Å²) in [6.45, 7) is 7.57. The Labute approximate surface area is 77.6 Å². The number of alkyl halides is 3. The van der Waals surface area contributed by atoms with Gasteiger partial charge < -0.3 is 0 Å². The Morgan fingerprint density at radius 2 is 1.57 bits per heavy atom. The van der Waals surface area contributed by atoms with Gasteiger partial charge in [-0.3, -0.25) is 0 Å². The molecule has 2 heteroatoms. The van der Waals surface area contributed by atoms with E-state index in [2.05, 4.69) is 18.8 Å². The molecule has 0 aromatic heterocycles. The Hall–Kier alpha value is 1.78. The minimum absolute atomic E-state index is 0. The third kappa shape index (κ3) is 7.78. The average molecular weight is 436 g/mol. The normalized spacial score (nSPS) is 9.86. The van der Waals surface area contributed by atoms with Gasteiger partial charge in [-0.2, -0.15) is 0 Å². The van der Waals surface area contributed by atoms with Gasteiger partial charge in [0.15, 0.2) is 0 Å². The van der Waals surface area contributed by atoms with Crippen LogP contribution in [0.15, 0.2) is 0 Å². The van der Waals surface area contributed by atoms with Crippen molar-refractivity contribution >= 4 is 19.8 Å². The van der Waals surface area contributed by atoms with Crippen LogP contribution in [-0.2, 0) is 0 Å². The average Bonchev–Trinajstić information content (AvgIpc) is 1.65. The molecule has 0 spiro atoms. The van der Waals surface area contributed by atoms with Gasteiger partial charge >= 0.3 is 78.6 Å². The van der Waals surface area contributed by atoms with Gasteiger partial charge in [0.1, 0.15) is 0 Å². The zero-order valence-electron chi connectivity index (χ0n) is 4.71. The van der Waals surface area contributed by atoms with Crippen molar-refractivity contribution in [2.75, 3.05) is 13.8 Å². The van der Waals surface area contributed by atoms with Gasteiger partial charge in [-0.25, -0.2) is 0 Å². The second-order valence-electron chi connectivity index (χ2n) is 1.10. The van der Waals surface area contributed by atoms with E-state index in [9.17, 15) is 0 Å². The molecule has 0 aromatic carbocycles. The molecule has 0 unspecified atom stereocenters. The molecule has 0 fully saturated rings. The van der Waals surface area contributed by atoms with Crippen molar-refractivity contribution in [2.24, 2.45) is 0 Å². The first kappa shape index (κ1) is 11.6. The summed E-state index contributed by atoms with van der Waals surface area (Å²) in [5, 5.41) is 0. The van der Waals surface area contributed by atoms with Crippen LogP contribution in [0.3, 0.4) is 0 Å². The first-order chi connectivity index (χ1) is 2.81. The maximum absolute atomic E-state index is 3.79. The molecule has 0 N–H and O–H groups in total. The summed E-state index contributed by atoms with van der Waals surface area (Å²) in [6, 6.07) is 0. The molecular formula is C5H11IU. The van der Waals surface area contributed by atoms with Gasteiger partial charge in [-0.05, 0) is 0 Å². The second kappa shape index (κ2) is 7.78. The molecule has 7 heavy (non-hydrogen) atoms. The maximum Gasteiger partial charge on any atom is 2.00 e. The first-order valence-electron chi connectivity index (χ1n) is 1.91. The molecule has 0 aliphatic heterocycles. The summed E-state index contributed by atoms with van der Waals surface area (Å²) in [5.41, 5.74) is 0. The van der Waals surface area contributed by atoms with Crippen LogP contribution in [0, 0.1) is 45.0 Å². The Morgan fingerprint density at radius 3 is 1.57 bits per heavy atom. The third-order valence-electron chi connectivity index (χ3n) is 0.645. The van der Waals surface area contributed by atoms with Gasteiger partial charge in [0.2, 0.25) is 0 Å². The Balaban J connectivity index is 0. The number of hydrogen-bond acceptors (Lipinski definition) is 0. The van der Waals surface area contributed by atoms with E-state index in [0.717, 1.165) is 0 Å². The van der Waals surface area contributed by atoms with Crippen LogP contribution in [0.4, 0.5) is 0 Å². The fraction of sp³-hybridized carbons (Fsp3) is 0.600. The molecular weight excluding hydrogens is 425 g/mol. The first-order valence-corrected chi connectivity index (χ1v) is 7.12. The standard InChI is InChI=1S/C5H11I.U/c1-4-6(3)5-2;/h1-2,4-5H2,3H3;/q-2;+2. The number of hydrogen-bond donors (Lipinski definition) is 0. The van der Waals surface area contributed by atoms with Gasteiger partial charge in [0.05, 0.1) is 0 Å². The minimum atomic E-state index is -0.523. The summed E-state index contributed by atoms with van der Waals surface area (Å²) >= 11 is -0.523. The van der Waals surface area contributed by atoms with E-state index in [1.54, 1.807) is 0 Å². The van der Waals surface area contributed by atoms with Crippen molar-refractivity contribution < 1.29 is 31.1 Å². The Morgan fingerprint density at radius 1 is 1.29 bits per heavy atom. The van der Waals surface area contributed by atoms with E-state index in [1.807, 2.05) is 0 Å². The summed E-state index contributed by atoms with van der Waals surface area (Å²) in [6.07, 6.45) is 0. The third-order valence-corrected chi connectivity index (χ3v) is 4.33. The van der Waals surface area contributed by atoms with E-state index in [0.29, 0.717) is 0 Å². The van der Waals surface area contributed by atoms with Crippen LogP contribution in [0.1, 0.15) is 0 Å². The molecule has 0 heterocycles. The zero-order chi connectivity index (χ0) is 4.99. The number of rotatable bonds is 2. The fourth-order valence-corrected chi connectivity index (χ4v) is 0.634. The van der Waals surface area contributed by atoms with Crippen LogP contribution < -0.4 is 0 Å². The summed E-state index contributed by atoms with van der Waals surface area (Å²) in [7, 11) is 0. The fourth-order valence-electron chi connectivity index (χ4n) is 0.0945. The van der Waals surface area contributed by atoms with Crippen LogP contribution in [-0.4, -0.2) is 13.8 Å². The molecule has 0 nitrogen and oxygen atoms in total. The summed E-state index contributed by atoms with van der Waals surface area (Å²) in [4.78, 5) is 2.31.